The molecule has 0 unspecified atom stereocenters. The van der Waals surface area contributed by atoms with Crippen LogP contribution in [0, 0.1) is 20.2 Å². The van der Waals surface area contributed by atoms with E-state index < -0.39 is 9.85 Å². The first-order chi connectivity index (χ1) is 8.02. The molecule has 0 saturated carbocycles. The number of hydrogen-bond acceptors (Lipinski definition) is 5. The third-order valence-corrected chi connectivity index (χ3v) is 2.84. The van der Waals surface area contributed by atoms with Crippen molar-refractivity contribution in [3.8, 4) is 0 Å². The van der Waals surface area contributed by atoms with Gasteiger partial charge in [-0.3, -0.25) is 20.2 Å². The van der Waals surface area contributed by atoms with Gasteiger partial charge in [-0.1, -0.05) is 18.2 Å². The van der Waals surface area contributed by atoms with Crippen molar-refractivity contribution in [1.29, 1.82) is 0 Å². The highest BCUT2D eigenvalue weighted by Gasteiger charge is 2.23. The minimum absolute atomic E-state index is 0.135. The summed E-state index contributed by atoms with van der Waals surface area (Å²) >= 11 is 4.05. The van der Waals surface area contributed by atoms with Crippen molar-refractivity contribution in [2.75, 3.05) is 0 Å². The summed E-state index contributed by atoms with van der Waals surface area (Å²) in [5, 5.41) is 22.4. The van der Waals surface area contributed by atoms with Gasteiger partial charge in [-0.25, -0.2) is 0 Å². The predicted octanol–water partition coefficient (Wildman–Crippen LogP) is 2.94. The Morgan fingerprint density at radius 3 is 2.00 bits per heavy atom. The first kappa shape index (κ1) is 11.3. The van der Waals surface area contributed by atoms with Gasteiger partial charge in [0.15, 0.2) is 0 Å². The number of fused-ring (bicyclic) bond motifs is 1. The molecule has 17 heavy (non-hydrogen) atoms. The van der Waals surface area contributed by atoms with Crippen LogP contribution in [0.15, 0.2) is 35.2 Å². The maximum Gasteiger partial charge on any atom is 0.290 e. The van der Waals surface area contributed by atoms with E-state index in [2.05, 4.69) is 12.6 Å². The van der Waals surface area contributed by atoms with Crippen LogP contribution in [0.3, 0.4) is 0 Å². The molecule has 0 fully saturated rings. The van der Waals surface area contributed by atoms with Gasteiger partial charge in [0.25, 0.3) is 11.4 Å². The number of nitro groups is 2. The van der Waals surface area contributed by atoms with Gasteiger partial charge in [0.05, 0.1) is 26.2 Å². The van der Waals surface area contributed by atoms with Crippen molar-refractivity contribution < 1.29 is 9.85 Å². The fourth-order valence-corrected chi connectivity index (χ4v) is 1.96. The summed E-state index contributed by atoms with van der Waals surface area (Å²) in [5.41, 5.74) is -0.649. The average Bonchev–Trinajstić information content (AvgIpc) is 2.29. The van der Waals surface area contributed by atoms with Crippen LogP contribution < -0.4 is 0 Å². The topological polar surface area (TPSA) is 86.3 Å². The Morgan fingerprint density at radius 1 is 0.941 bits per heavy atom. The Kier molecular flexibility index (Phi) is 2.68. The van der Waals surface area contributed by atoms with Crippen molar-refractivity contribution >= 4 is 34.8 Å². The molecular weight excluding hydrogens is 244 g/mol. The normalized spacial score (nSPS) is 10.4. The Morgan fingerprint density at radius 2 is 1.47 bits per heavy atom. The molecule has 0 radical (unpaired) electrons. The Labute approximate surface area is 101 Å². The Bertz CT molecular complexity index is 641. The van der Waals surface area contributed by atoms with E-state index in [1.54, 1.807) is 18.2 Å². The molecule has 0 atom stereocenters. The number of nitro benzene ring substituents is 2. The smallest absolute Gasteiger partial charge is 0.258 e. The van der Waals surface area contributed by atoms with Gasteiger partial charge < -0.3 is 0 Å². The first-order valence-electron chi connectivity index (χ1n) is 4.56. The molecular formula is C10H6N2O4S. The monoisotopic (exact) mass is 250 g/mol. The molecule has 2 rings (SSSR count). The lowest BCUT2D eigenvalue weighted by Gasteiger charge is -2.03. The van der Waals surface area contributed by atoms with Crippen LogP contribution in [-0.4, -0.2) is 9.85 Å². The van der Waals surface area contributed by atoms with Crippen LogP contribution in [0.25, 0.3) is 10.8 Å². The summed E-state index contributed by atoms with van der Waals surface area (Å²) in [6.07, 6.45) is 0. The molecule has 0 bridgehead atoms. The highest BCUT2D eigenvalue weighted by Crippen LogP contribution is 2.37. The summed E-state index contributed by atoms with van der Waals surface area (Å²) in [7, 11) is 0. The largest absolute Gasteiger partial charge is 0.290 e. The SMILES string of the molecule is O=[N+]([O-])c1cc([N+](=O)[O-])c2ccccc2c1S. The van der Waals surface area contributed by atoms with Crippen molar-refractivity contribution in [3.63, 3.8) is 0 Å². The van der Waals surface area contributed by atoms with Crippen LogP contribution in [0.5, 0.6) is 0 Å². The molecule has 86 valence electrons. The molecule has 0 heterocycles. The zero-order valence-corrected chi connectivity index (χ0v) is 9.26. The third kappa shape index (κ3) is 1.80. The molecule has 2 aromatic carbocycles. The minimum atomic E-state index is -0.679. The highest BCUT2D eigenvalue weighted by molar-refractivity contribution is 7.80. The quantitative estimate of drug-likeness (QED) is 0.504. The molecule has 0 spiro atoms. The summed E-state index contributed by atoms with van der Waals surface area (Å²) in [4.78, 5) is 20.5. The van der Waals surface area contributed by atoms with E-state index in [0.29, 0.717) is 10.8 Å². The second-order valence-corrected chi connectivity index (χ2v) is 3.77. The van der Waals surface area contributed by atoms with E-state index in [1.807, 2.05) is 0 Å². The molecule has 0 amide bonds. The van der Waals surface area contributed by atoms with Gasteiger partial charge in [0.1, 0.15) is 0 Å². The molecule has 0 N–H and O–H groups in total. The summed E-state index contributed by atoms with van der Waals surface area (Å²) in [6, 6.07) is 7.32. The van der Waals surface area contributed by atoms with Gasteiger partial charge in [0, 0.05) is 5.39 Å². The molecule has 0 aromatic heterocycles. The number of hydrogen-bond donors (Lipinski definition) is 1. The molecule has 0 aliphatic carbocycles. The lowest BCUT2D eigenvalue weighted by atomic mass is 10.1. The molecule has 7 heteroatoms. The minimum Gasteiger partial charge on any atom is -0.258 e. The molecule has 0 aliphatic rings. The van der Waals surface area contributed by atoms with Gasteiger partial charge in [-0.15, -0.1) is 12.6 Å². The summed E-state index contributed by atoms with van der Waals surface area (Å²) < 4.78 is 0. The predicted molar refractivity (Wildman–Crippen MR) is 64.5 cm³/mol. The highest BCUT2D eigenvalue weighted by atomic mass is 32.1. The summed E-state index contributed by atoms with van der Waals surface area (Å²) in [6.45, 7) is 0. The fraction of sp³-hybridized carbons (Fsp3) is 0. The maximum atomic E-state index is 10.9. The second kappa shape index (κ2) is 4.02. The van der Waals surface area contributed by atoms with Crippen LogP contribution >= 0.6 is 12.6 Å². The van der Waals surface area contributed by atoms with Gasteiger partial charge in [-0.2, -0.15) is 0 Å². The molecule has 2 aromatic rings. The van der Waals surface area contributed by atoms with Crippen LogP contribution in [0.2, 0.25) is 0 Å². The van der Waals surface area contributed by atoms with E-state index in [-0.39, 0.29) is 16.3 Å². The van der Waals surface area contributed by atoms with E-state index in [0.717, 1.165) is 6.07 Å². The van der Waals surface area contributed by atoms with Crippen molar-refractivity contribution in [3.05, 3.63) is 50.6 Å². The van der Waals surface area contributed by atoms with Gasteiger partial charge >= 0.3 is 0 Å². The van der Waals surface area contributed by atoms with E-state index >= 15 is 0 Å². The molecule has 0 aliphatic heterocycles. The van der Waals surface area contributed by atoms with Crippen LogP contribution in [-0.2, 0) is 0 Å². The van der Waals surface area contributed by atoms with Crippen LogP contribution in [0.1, 0.15) is 0 Å². The molecule has 0 saturated heterocycles. The van der Waals surface area contributed by atoms with E-state index in [1.165, 1.54) is 6.07 Å². The fourth-order valence-electron chi connectivity index (χ4n) is 1.62. The van der Waals surface area contributed by atoms with Crippen molar-refractivity contribution in [2.24, 2.45) is 0 Å². The number of non-ortho nitro benzene ring substituents is 1. The molecule has 6 nitrogen and oxygen atoms in total. The second-order valence-electron chi connectivity index (χ2n) is 3.32. The lowest BCUT2D eigenvalue weighted by molar-refractivity contribution is -0.394. The van der Waals surface area contributed by atoms with Crippen molar-refractivity contribution in [2.45, 2.75) is 4.90 Å². The summed E-state index contributed by atoms with van der Waals surface area (Å²) in [5.74, 6) is 0. The van der Waals surface area contributed by atoms with E-state index in [4.69, 9.17) is 0 Å². The zero-order chi connectivity index (χ0) is 12.6. The Balaban J connectivity index is 2.94. The van der Waals surface area contributed by atoms with Crippen molar-refractivity contribution in [1.82, 2.24) is 0 Å². The maximum absolute atomic E-state index is 10.9. The average molecular weight is 250 g/mol. The zero-order valence-electron chi connectivity index (χ0n) is 8.36. The lowest BCUT2D eigenvalue weighted by Crippen LogP contribution is -1.95. The van der Waals surface area contributed by atoms with Gasteiger partial charge in [0.2, 0.25) is 0 Å². The van der Waals surface area contributed by atoms with Crippen LogP contribution in [0.4, 0.5) is 11.4 Å². The van der Waals surface area contributed by atoms with E-state index in [9.17, 15) is 20.2 Å². The number of thiol groups is 1. The Hall–Kier alpha value is -2.15. The number of nitrogens with zero attached hydrogens (tertiary/aromatic N) is 2. The first-order valence-corrected chi connectivity index (χ1v) is 5.00. The standard InChI is InChI=1S/C10H6N2O4S/c13-11(14)8-5-9(12(15)16)10(17)7-4-2-1-3-6(7)8/h1-5,17H. The number of benzene rings is 2. The third-order valence-electron chi connectivity index (χ3n) is 2.37. The number of rotatable bonds is 2. The van der Waals surface area contributed by atoms with Gasteiger partial charge in [-0.05, 0) is 6.07 Å².